The van der Waals surface area contributed by atoms with Crippen LogP contribution in [0.2, 0.25) is 0 Å². The van der Waals surface area contributed by atoms with Gasteiger partial charge in [0.15, 0.2) is 5.96 Å². The largest absolute Gasteiger partial charge is 0.450 e. The maximum Gasteiger partial charge on any atom is 0.409 e. The number of hydrogen-bond donors (Lipinski definition) is 2. The van der Waals surface area contributed by atoms with Crippen molar-refractivity contribution in [1.29, 1.82) is 0 Å². The number of nitrogens with zero attached hydrogens (tertiary/aromatic N) is 3. The summed E-state index contributed by atoms with van der Waals surface area (Å²) in [5.74, 6) is 0.691. The summed E-state index contributed by atoms with van der Waals surface area (Å²) in [6.07, 6.45) is 6.20. The van der Waals surface area contributed by atoms with Crippen LogP contribution in [0.1, 0.15) is 45.4 Å². The predicted octanol–water partition coefficient (Wildman–Crippen LogP) is 1.79. The van der Waals surface area contributed by atoms with Crippen molar-refractivity contribution in [1.82, 2.24) is 20.4 Å². The number of carbonyl (C=O) groups is 2. The maximum absolute atomic E-state index is 11.9. The first-order valence-electron chi connectivity index (χ1n) is 9.69. The highest BCUT2D eigenvalue weighted by atomic mass is 127. The Morgan fingerprint density at radius 1 is 1.07 bits per heavy atom. The molecule has 0 aromatic rings. The molecular weight excluding hydrogens is 461 g/mol. The number of rotatable bonds is 5. The second kappa shape index (κ2) is 12.2. The molecule has 0 atom stereocenters. The topological polar surface area (TPSA) is 86.3 Å². The molecule has 0 radical (unpaired) electrons. The summed E-state index contributed by atoms with van der Waals surface area (Å²) in [6, 6.07) is 0.665. The van der Waals surface area contributed by atoms with Gasteiger partial charge in [0.05, 0.1) is 6.61 Å². The van der Waals surface area contributed by atoms with E-state index in [0.29, 0.717) is 31.7 Å². The van der Waals surface area contributed by atoms with Crippen LogP contribution in [0.5, 0.6) is 0 Å². The molecule has 2 aliphatic rings. The molecule has 1 aliphatic heterocycles. The van der Waals surface area contributed by atoms with Crippen molar-refractivity contribution in [3.8, 4) is 0 Å². The normalized spacial score (nSPS) is 18.6. The molecule has 27 heavy (non-hydrogen) atoms. The minimum atomic E-state index is -0.236. The first-order chi connectivity index (χ1) is 12.5. The minimum absolute atomic E-state index is 0. The summed E-state index contributed by atoms with van der Waals surface area (Å²) in [7, 11) is 3.47. The Bertz CT molecular complexity index is 501. The second-order valence-electron chi connectivity index (χ2n) is 7.18. The van der Waals surface area contributed by atoms with Gasteiger partial charge in [-0.3, -0.25) is 4.79 Å². The number of carbonyl (C=O) groups excluding carboxylic acids is 2. The van der Waals surface area contributed by atoms with Gasteiger partial charge in [0, 0.05) is 39.3 Å². The molecule has 156 valence electrons. The highest BCUT2D eigenvalue weighted by Gasteiger charge is 2.25. The third kappa shape index (κ3) is 8.10. The van der Waals surface area contributed by atoms with Gasteiger partial charge in [-0.15, -0.1) is 24.0 Å². The van der Waals surface area contributed by atoms with Crippen LogP contribution >= 0.6 is 24.0 Å². The highest BCUT2D eigenvalue weighted by molar-refractivity contribution is 14.0. The number of aliphatic imine (C=N–C) groups is 1. The fourth-order valence-corrected chi connectivity index (χ4v) is 3.30. The Morgan fingerprint density at radius 3 is 2.15 bits per heavy atom. The summed E-state index contributed by atoms with van der Waals surface area (Å²) in [5, 5.41) is 6.93. The third-order valence-corrected chi connectivity index (χ3v) is 4.93. The van der Waals surface area contributed by atoms with E-state index >= 15 is 0 Å². The molecular formula is C18H34IN5O3. The van der Waals surface area contributed by atoms with E-state index in [0.717, 1.165) is 25.7 Å². The number of nitrogens with one attached hydrogen (secondary N) is 2. The van der Waals surface area contributed by atoms with E-state index in [4.69, 9.17) is 4.74 Å². The molecule has 2 rings (SSSR count). The first kappa shape index (κ1) is 23.8. The van der Waals surface area contributed by atoms with Gasteiger partial charge in [-0.2, -0.15) is 0 Å². The fourth-order valence-electron chi connectivity index (χ4n) is 3.30. The van der Waals surface area contributed by atoms with E-state index in [1.807, 2.05) is 6.92 Å². The van der Waals surface area contributed by atoms with Gasteiger partial charge in [0.25, 0.3) is 0 Å². The molecule has 0 aromatic carbocycles. The summed E-state index contributed by atoms with van der Waals surface area (Å²) >= 11 is 0. The van der Waals surface area contributed by atoms with Gasteiger partial charge in [0.1, 0.15) is 6.54 Å². The molecule has 0 bridgehead atoms. The predicted molar refractivity (Wildman–Crippen MR) is 117 cm³/mol. The molecule has 2 fully saturated rings. The molecule has 1 saturated carbocycles. The standard InChI is InChI=1S/C18H33N5O3.HI/c1-4-26-18(25)23-11-9-15(10-12-23)21-17(19-13-16(24)22(2)3)20-14-7-5-6-8-14;/h14-15H,4-13H2,1-3H3,(H2,19,20,21);1H. The minimum Gasteiger partial charge on any atom is -0.450 e. The number of likely N-dealkylation sites (N-methyl/N-ethyl adjacent to an activating group) is 1. The van der Waals surface area contributed by atoms with Crippen LogP contribution in [-0.4, -0.2) is 80.2 Å². The van der Waals surface area contributed by atoms with Crippen LogP contribution < -0.4 is 10.6 Å². The van der Waals surface area contributed by atoms with E-state index in [9.17, 15) is 9.59 Å². The molecule has 2 amide bonds. The Balaban J connectivity index is 0.00000364. The van der Waals surface area contributed by atoms with E-state index < -0.39 is 0 Å². The number of amides is 2. The monoisotopic (exact) mass is 495 g/mol. The van der Waals surface area contributed by atoms with Crippen LogP contribution in [0.25, 0.3) is 0 Å². The number of guanidine groups is 1. The van der Waals surface area contributed by atoms with Crippen LogP contribution in [0.15, 0.2) is 4.99 Å². The van der Waals surface area contributed by atoms with Gasteiger partial charge in [-0.05, 0) is 32.6 Å². The lowest BCUT2D eigenvalue weighted by Gasteiger charge is -2.32. The molecule has 0 unspecified atom stereocenters. The molecule has 0 aromatic heterocycles. The van der Waals surface area contributed by atoms with Gasteiger partial charge in [-0.1, -0.05) is 12.8 Å². The smallest absolute Gasteiger partial charge is 0.409 e. The van der Waals surface area contributed by atoms with E-state index in [2.05, 4.69) is 15.6 Å². The molecule has 2 N–H and O–H groups in total. The summed E-state index contributed by atoms with van der Waals surface area (Å²) < 4.78 is 5.06. The second-order valence-corrected chi connectivity index (χ2v) is 7.18. The van der Waals surface area contributed by atoms with Crippen molar-refractivity contribution < 1.29 is 14.3 Å². The first-order valence-corrected chi connectivity index (χ1v) is 9.69. The Morgan fingerprint density at radius 2 is 1.63 bits per heavy atom. The van der Waals surface area contributed by atoms with Crippen LogP contribution in [0.4, 0.5) is 4.79 Å². The number of hydrogen-bond acceptors (Lipinski definition) is 4. The number of ether oxygens (including phenoxy) is 1. The fraction of sp³-hybridized carbons (Fsp3) is 0.833. The van der Waals surface area contributed by atoms with Crippen molar-refractivity contribution in [2.24, 2.45) is 4.99 Å². The lowest BCUT2D eigenvalue weighted by molar-refractivity contribution is -0.127. The maximum atomic E-state index is 11.9. The lowest BCUT2D eigenvalue weighted by Crippen LogP contribution is -2.51. The number of halogens is 1. The van der Waals surface area contributed by atoms with Crippen molar-refractivity contribution in [2.75, 3.05) is 40.3 Å². The van der Waals surface area contributed by atoms with E-state index in [-0.39, 0.29) is 48.6 Å². The zero-order valence-electron chi connectivity index (χ0n) is 16.7. The van der Waals surface area contributed by atoms with Gasteiger partial charge < -0.3 is 25.2 Å². The Kier molecular flexibility index (Phi) is 10.8. The molecule has 0 spiro atoms. The van der Waals surface area contributed by atoms with E-state index in [1.165, 1.54) is 12.8 Å². The van der Waals surface area contributed by atoms with Gasteiger partial charge in [0.2, 0.25) is 5.91 Å². The van der Waals surface area contributed by atoms with Crippen molar-refractivity contribution in [2.45, 2.75) is 57.5 Å². The van der Waals surface area contributed by atoms with E-state index in [1.54, 1.807) is 23.9 Å². The average Bonchev–Trinajstić information content (AvgIpc) is 3.13. The van der Waals surface area contributed by atoms with Crippen LogP contribution in [0.3, 0.4) is 0 Å². The molecule has 9 heteroatoms. The zero-order chi connectivity index (χ0) is 18.9. The zero-order valence-corrected chi connectivity index (χ0v) is 19.0. The Hall–Kier alpha value is -1.26. The van der Waals surface area contributed by atoms with Crippen molar-refractivity contribution in [3.63, 3.8) is 0 Å². The number of likely N-dealkylation sites (tertiary alicyclic amines) is 1. The highest BCUT2D eigenvalue weighted by Crippen LogP contribution is 2.18. The molecule has 1 heterocycles. The van der Waals surface area contributed by atoms with Gasteiger partial charge in [-0.25, -0.2) is 9.79 Å². The van der Waals surface area contributed by atoms with Crippen LogP contribution in [0, 0.1) is 0 Å². The summed E-state index contributed by atoms with van der Waals surface area (Å²) in [5.41, 5.74) is 0. The van der Waals surface area contributed by atoms with Crippen molar-refractivity contribution >= 4 is 41.9 Å². The quantitative estimate of drug-likeness (QED) is 0.345. The SMILES string of the molecule is CCOC(=O)N1CCC(NC(=NCC(=O)N(C)C)NC2CCCC2)CC1.I. The molecule has 1 aliphatic carbocycles. The molecule has 1 saturated heterocycles. The third-order valence-electron chi connectivity index (χ3n) is 4.93. The molecule has 8 nitrogen and oxygen atoms in total. The average molecular weight is 495 g/mol. The summed E-state index contributed by atoms with van der Waals surface area (Å²) in [6.45, 7) is 3.70. The van der Waals surface area contributed by atoms with Crippen molar-refractivity contribution in [3.05, 3.63) is 0 Å². The van der Waals surface area contributed by atoms with Gasteiger partial charge >= 0.3 is 6.09 Å². The number of piperidine rings is 1. The summed E-state index contributed by atoms with van der Waals surface area (Å²) in [4.78, 5) is 31.4. The lowest BCUT2D eigenvalue weighted by atomic mass is 10.1. The Labute approximate surface area is 179 Å². The van der Waals surface area contributed by atoms with Crippen LogP contribution in [-0.2, 0) is 9.53 Å².